The van der Waals surface area contributed by atoms with E-state index < -0.39 is 4.92 Å². The van der Waals surface area contributed by atoms with Gasteiger partial charge in [0.05, 0.1) is 4.92 Å². The van der Waals surface area contributed by atoms with Crippen molar-refractivity contribution in [3.8, 4) is 0 Å². The van der Waals surface area contributed by atoms with Crippen LogP contribution in [0.4, 0.5) is 5.69 Å². The van der Waals surface area contributed by atoms with Crippen molar-refractivity contribution in [2.75, 3.05) is 6.54 Å². The number of fused-ring (bicyclic) bond motifs is 1. The number of halogens is 1. The van der Waals surface area contributed by atoms with E-state index in [0.717, 1.165) is 30.5 Å². The number of hydrogen-bond donors (Lipinski definition) is 1. The van der Waals surface area contributed by atoms with Crippen molar-refractivity contribution in [3.63, 3.8) is 0 Å². The Kier molecular flexibility index (Phi) is 2.88. The van der Waals surface area contributed by atoms with Crippen LogP contribution < -0.4 is 5.32 Å². The molecule has 1 aromatic rings. The van der Waals surface area contributed by atoms with Crippen molar-refractivity contribution in [2.45, 2.75) is 19.4 Å². The van der Waals surface area contributed by atoms with Crippen LogP contribution in [-0.2, 0) is 13.0 Å². The standard InChI is InChI=1S/C10H11ClN2O2/c11-10-8-6-12-5-1-2-7(8)3-4-9(10)13(14)15/h3-4,12H,1-2,5-6H2. The van der Waals surface area contributed by atoms with Crippen molar-refractivity contribution in [1.82, 2.24) is 5.32 Å². The van der Waals surface area contributed by atoms with Crippen molar-refractivity contribution >= 4 is 17.3 Å². The Labute approximate surface area is 92.4 Å². The maximum absolute atomic E-state index is 10.7. The van der Waals surface area contributed by atoms with Crippen molar-refractivity contribution in [1.29, 1.82) is 0 Å². The van der Waals surface area contributed by atoms with E-state index in [4.69, 9.17) is 11.6 Å². The molecule has 0 spiro atoms. The molecule has 0 saturated carbocycles. The minimum atomic E-state index is -0.437. The summed E-state index contributed by atoms with van der Waals surface area (Å²) in [5.41, 5.74) is 2.00. The van der Waals surface area contributed by atoms with Crippen LogP contribution >= 0.6 is 11.6 Å². The third kappa shape index (κ3) is 1.96. The molecule has 0 saturated heterocycles. The predicted molar refractivity (Wildman–Crippen MR) is 58.1 cm³/mol. The predicted octanol–water partition coefficient (Wildman–Crippen LogP) is 2.28. The molecule has 1 aliphatic heterocycles. The van der Waals surface area contributed by atoms with E-state index in [1.54, 1.807) is 0 Å². The maximum atomic E-state index is 10.7. The molecule has 0 aliphatic carbocycles. The minimum Gasteiger partial charge on any atom is -0.313 e. The van der Waals surface area contributed by atoms with Gasteiger partial charge in [0.25, 0.3) is 5.69 Å². The monoisotopic (exact) mass is 226 g/mol. The van der Waals surface area contributed by atoms with E-state index in [9.17, 15) is 10.1 Å². The van der Waals surface area contributed by atoms with Crippen molar-refractivity contribution in [2.24, 2.45) is 0 Å². The van der Waals surface area contributed by atoms with Gasteiger partial charge in [-0.2, -0.15) is 0 Å². The molecule has 0 fully saturated rings. The van der Waals surface area contributed by atoms with Gasteiger partial charge in [0.15, 0.2) is 0 Å². The zero-order valence-electron chi connectivity index (χ0n) is 8.12. The topological polar surface area (TPSA) is 55.2 Å². The minimum absolute atomic E-state index is 0.000818. The fourth-order valence-electron chi connectivity index (χ4n) is 1.83. The summed E-state index contributed by atoms with van der Waals surface area (Å²) in [7, 11) is 0. The number of hydrogen-bond acceptors (Lipinski definition) is 3. The van der Waals surface area contributed by atoms with Crippen LogP contribution in [0.25, 0.3) is 0 Å². The summed E-state index contributed by atoms with van der Waals surface area (Å²) in [5, 5.41) is 14.2. The highest BCUT2D eigenvalue weighted by Crippen LogP contribution is 2.31. The second kappa shape index (κ2) is 4.16. The summed E-state index contributed by atoms with van der Waals surface area (Å²) < 4.78 is 0. The molecule has 4 nitrogen and oxygen atoms in total. The van der Waals surface area contributed by atoms with Crippen LogP contribution in [0.2, 0.25) is 5.02 Å². The lowest BCUT2D eigenvalue weighted by molar-refractivity contribution is -0.384. The van der Waals surface area contributed by atoms with E-state index in [-0.39, 0.29) is 10.7 Å². The molecule has 1 aliphatic rings. The first kappa shape index (κ1) is 10.4. The number of nitro benzene ring substituents is 1. The van der Waals surface area contributed by atoms with E-state index in [0.29, 0.717) is 6.54 Å². The summed E-state index contributed by atoms with van der Waals surface area (Å²) in [5.74, 6) is 0. The molecule has 0 bridgehead atoms. The van der Waals surface area contributed by atoms with Gasteiger partial charge < -0.3 is 5.32 Å². The first-order valence-electron chi connectivity index (χ1n) is 4.85. The number of rotatable bonds is 1. The smallest absolute Gasteiger partial charge is 0.288 e. The fraction of sp³-hybridized carbons (Fsp3) is 0.400. The van der Waals surface area contributed by atoms with Gasteiger partial charge in [0.2, 0.25) is 0 Å². The molecule has 0 amide bonds. The van der Waals surface area contributed by atoms with Gasteiger partial charge in [-0.05, 0) is 30.5 Å². The Morgan fingerprint density at radius 2 is 2.27 bits per heavy atom. The first-order valence-corrected chi connectivity index (χ1v) is 5.23. The van der Waals surface area contributed by atoms with Crippen LogP contribution in [0.5, 0.6) is 0 Å². The average Bonchev–Trinajstić information content (AvgIpc) is 2.43. The molecule has 1 N–H and O–H groups in total. The number of nitrogens with zero attached hydrogens (tertiary/aromatic N) is 1. The van der Waals surface area contributed by atoms with Gasteiger partial charge in [-0.15, -0.1) is 0 Å². The summed E-state index contributed by atoms with van der Waals surface area (Å²) in [6.07, 6.45) is 1.97. The molecule has 15 heavy (non-hydrogen) atoms. The van der Waals surface area contributed by atoms with Gasteiger partial charge in [0, 0.05) is 12.6 Å². The lowest BCUT2D eigenvalue weighted by Gasteiger charge is -2.07. The number of nitrogens with one attached hydrogen (secondary N) is 1. The van der Waals surface area contributed by atoms with E-state index in [1.807, 2.05) is 6.07 Å². The zero-order valence-corrected chi connectivity index (χ0v) is 8.88. The van der Waals surface area contributed by atoms with Gasteiger partial charge in [-0.25, -0.2) is 0 Å². The number of aryl methyl sites for hydroxylation is 1. The molecule has 0 unspecified atom stereocenters. The fourth-order valence-corrected chi connectivity index (χ4v) is 2.15. The third-order valence-electron chi connectivity index (χ3n) is 2.62. The molecule has 80 valence electrons. The van der Waals surface area contributed by atoms with Gasteiger partial charge in [-0.1, -0.05) is 17.7 Å². The number of benzene rings is 1. The SMILES string of the molecule is O=[N+]([O-])c1ccc2c(c1Cl)CNCCC2. The Bertz CT molecular complexity index is 407. The normalized spacial score (nSPS) is 15.5. The molecule has 0 radical (unpaired) electrons. The van der Waals surface area contributed by atoms with Gasteiger partial charge in [0.1, 0.15) is 5.02 Å². The first-order chi connectivity index (χ1) is 7.20. The zero-order chi connectivity index (χ0) is 10.8. The van der Waals surface area contributed by atoms with Gasteiger partial charge >= 0.3 is 0 Å². The quantitative estimate of drug-likeness (QED) is 0.591. The van der Waals surface area contributed by atoms with Gasteiger partial charge in [-0.3, -0.25) is 10.1 Å². The third-order valence-corrected chi connectivity index (χ3v) is 3.04. The van der Waals surface area contributed by atoms with Crippen molar-refractivity contribution in [3.05, 3.63) is 38.4 Å². The molecule has 0 aromatic heterocycles. The van der Waals surface area contributed by atoms with E-state index in [2.05, 4.69) is 5.32 Å². The highest BCUT2D eigenvalue weighted by Gasteiger charge is 2.19. The Hall–Kier alpha value is -1.13. The molecular weight excluding hydrogens is 216 g/mol. The molecular formula is C10H11ClN2O2. The summed E-state index contributed by atoms with van der Waals surface area (Å²) in [6.45, 7) is 1.55. The second-order valence-electron chi connectivity index (χ2n) is 3.57. The average molecular weight is 227 g/mol. The van der Waals surface area contributed by atoms with Crippen LogP contribution in [0.15, 0.2) is 12.1 Å². The lowest BCUT2D eigenvalue weighted by Crippen LogP contribution is -2.12. The molecule has 1 aromatic carbocycles. The highest BCUT2D eigenvalue weighted by molar-refractivity contribution is 6.33. The molecule has 5 heteroatoms. The number of nitro groups is 1. The second-order valence-corrected chi connectivity index (χ2v) is 3.95. The Morgan fingerprint density at radius 1 is 1.47 bits per heavy atom. The van der Waals surface area contributed by atoms with E-state index >= 15 is 0 Å². The summed E-state index contributed by atoms with van der Waals surface area (Å²) in [6, 6.07) is 3.30. The van der Waals surface area contributed by atoms with Crippen LogP contribution in [0.3, 0.4) is 0 Å². The van der Waals surface area contributed by atoms with Crippen LogP contribution in [0.1, 0.15) is 17.5 Å². The van der Waals surface area contributed by atoms with Crippen LogP contribution in [0, 0.1) is 10.1 Å². The Morgan fingerprint density at radius 3 is 3.00 bits per heavy atom. The molecule has 2 rings (SSSR count). The van der Waals surface area contributed by atoms with E-state index in [1.165, 1.54) is 6.07 Å². The highest BCUT2D eigenvalue weighted by atomic mass is 35.5. The molecule has 0 atom stereocenters. The lowest BCUT2D eigenvalue weighted by atomic mass is 10.0. The largest absolute Gasteiger partial charge is 0.313 e. The molecule has 1 heterocycles. The Balaban J connectivity index is 2.50. The van der Waals surface area contributed by atoms with Crippen LogP contribution in [-0.4, -0.2) is 11.5 Å². The summed E-state index contributed by atoms with van der Waals surface area (Å²) in [4.78, 5) is 10.3. The van der Waals surface area contributed by atoms with Crippen molar-refractivity contribution < 1.29 is 4.92 Å². The summed E-state index contributed by atoms with van der Waals surface area (Å²) >= 11 is 6.01. The maximum Gasteiger partial charge on any atom is 0.288 e.